The number of aliphatic imine (C=N–C) groups is 1. The lowest BCUT2D eigenvalue weighted by Crippen LogP contribution is -1.98. The third kappa shape index (κ3) is 2.92. The molecule has 96 valence electrons. The summed E-state index contributed by atoms with van der Waals surface area (Å²) >= 11 is 5.83. The van der Waals surface area contributed by atoms with E-state index in [0.29, 0.717) is 5.56 Å². The smallest absolute Gasteiger partial charge is 0.339 e. The summed E-state index contributed by atoms with van der Waals surface area (Å²) in [6.45, 7) is 0. The van der Waals surface area contributed by atoms with Gasteiger partial charge in [-0.25, -0.2) is 4.79 Å². The van der Waals surface area contributed by atoms with Gasteiger partial charge in [0.25, 0.3) is 0 Å². The number of phenols is 1. The van der Waals surface area contributed by atoms with Crippen molar-refractivity contribution in [2.24, 2.45) is 4.99 Å². The van der Waals surface area contributed by atoms with Crippen LogP contribution in [-0.4, -0.2) is 22.4 Å². The molecule has 0 bridgehead atoms. The highest BCUT2D eigenvalue weighted by molar-refractivity contribution is 6.34. The Hall–Kier alpha value is -2.33. The summed E-state index contributed by atoms with van der Waals surface area (Å²) in [4.78, 5) is 15.2. The SMILES string of the molecule is O=C(O)c1c(Cl)cccc1N=Cc1ccccc1O. The lowest BCUT2D eigenvalue weighted by molar-refractivity contribution is 0.0698. The summed E-state index contributed by atoms with van der Waals surface area (Å²) in [7, 11) is 0. The first-order valence-corrected chi connectivity index (χ1v) is 5.81. The van der Waals surface area contributed by atoms with Crippen LogP contribution < -0.4 is 0 Å². The average molecular weight is 276 g/mol. The van der Waals surface area contributed by atoms with E-state index in [1.54, 1.807) is 30.3 Å². The van der Waals surface area contributed by atoms with Gasteiger partial charge in [0.05, 0.1) is 10.7 Å². The van der Waals surface area contributed by atoms with Crippen molar-refractivity contribution in [3.05, 3.63) is 58.6 Å². The van der Waals surface area contributed by atoms with Crippen molar-refractivity contribution in [2.75, 3.05) is 0 Å². The highest BCUT2D eigenvalue weighted by atomic mass is 35.5. The highest BCUT2D eigenvalue weighted by Crippen LogP contribution is 2.27. The standard InChI is InChI=1S/C14H10ClNO3/c15-10-5-3-6-11(13(10)14(18)19)16-8-9-4-1-2-7-12(9)17/h1-8,17H,(H,18,19). The highest BCUT2D eigenvalue weighted by Gasteiger charge is 2.13. The molecule has 0 unspecified atom stereocenters. The third-order valence-electron chi connectivity index (χ3n) is 2.48. The fourth-order valence-corrected chi connectivity index (χ4v) is 1.82. The van der Waals surface area contributed by atoms with Crippen molar-refractivity contribution >= 4 is 29.5 Å². The van der Waals surface area contributed by atoms with Gasteiger partial charge in [-0.2, -0.15) is 0 Å². The predicted octanol–water partition coefficient (Wildman–Crippen LogP) is 3.49. The Morgan fingerprint density at radius 1 is 1.16 bits per heavy atom. The molecule has 5 heteroatoms. The Bertz CT molecular complexity index is 653. The molecule has 2 N–H and O–H groups in total. The predicted molar refractivity (Wildman–Crippen MR) is 73.8 cm³/mol. The first kappa shape index (κ1) is 13.1. The maximum Gasteiger partial charge on any atom is 0.339 e. The number of para-hydroxylation sites is 1. The minimum Gasteiger partial charge on any atom is -0.507 e. The van der Waals surface area contributed by atoms with Gasteiger partial charge in [0.15, 0.2) is 0 Å². The van der Waals surface area contributed by atoms with Gasteiger partial charge in [-0.3, -0.25) is 4.99 Å². The van der Waals surface area contributed by atoms with Gasteiger partial charge in [-0.15, -0.1) is 0 Å². The molecule has 19 heavy (non-hydrogen) atoms. The Labute approximate surface area is 114 Å². The number of hydrogen-bond donors (Lipinski definition) is 2. The van der Waals surface area contributed by atoms with Gasteiger partial charge in [-0.1, -0.05) is 29.8 Å². The molecule has 2 aromatic rings. The summed E-state index contributed by atoms with van der Waals surface area (Å²) in [6, 6.07) is 11.3. The lowest BCUT2D eigenvalue weighted by atomic mass is 10.1. The quantitative estimate of drug-likeness (QED) is 0.842. The van der Waals surface area contributed by atoms with Crippen LogP contribution in [0.15, 0.2) is 47.5 Å². The van der Waals surface area contributed by atoms with Crippen molar-refractivity contribution in [3.8, 4) is 5.75 Å². The van der Waals surface area contributed by atoms with Crippen LogP contribution in [0.3, 0.4) is 0 Å². The summed E-state index contributed by atoms with van der Waals surface area (Å²) in [5.41, 5.74) is 0.679. The molecular weight excluding hydrogens is 266 g/mol. The zero-order valence-electron chi connectivity index (χ0n) is 9.75. The number of benzene rings is 2. The van der Waals surface area contributed by atoms with Crippen molar-refractivity contribution in [1.29, 1.82) is 0 Å². The number of carbonyl (C=O) groups is 1. The molecule has 0 atom stereocenters. The molecular formula is C14H10ClNO3. The summed E-state index contributed by atoms with van der Waals surface area (Å²) in [6.07, 6.45) is 1.40. The number of carboxylic acids is 1. The van der Waals surface area contributed by atoms with E-state index in [2.05, 4.69) is 4.99 Å². The van der Waals surface area contributed by atoms with Crippen LogP contribution in [0.25, 0.3) is 0 Å². The van der Waals surface area contributed by atoms with Crippen molar-refractivity contribution in [1.82, 2.24) is 0 Å². The molecule has 2 aromatic carbocycles. The molecule has 0 radical (unpaired) electrons. The van der Waals surface area contributed by atoms with Gasteiger partial charge in [0.2, 0.25) is 0 Å². The van der Waals surface area contributed by atoms with Crippen LogP contribution in [-0.2, 0) is 0 Å². The number of phenolic OH excluding ortho intramolecular Hbond substituents is 1. The van der Waals surface area contributed by atoms with E-state index in [1.807, 2.05) is 0 Å². The van der Waals surface area contributed by atoms with E-state index in [9.17, 15) is 9.90 Å². The molecule has 0 saturated carbocycles. The monoisotopic (exact) mass is 275 g/mol. The second-order valence-corrected chi connectivity index (χ2v) is 4.16. The van der Waals surface area contributed by atoms with Crippen molar-refractivity contribution < 1.29 is 15.0 Å². The zero-order chi connectivity index (χ0) is 13.8. The third-order valence-corrected chi connectivity index (χ3v) is 2.80. The van der Waals surface area contributed by atoms with E-state index < -0.39 is 5.97 Å². The van der Waals surface area contributed by atoms with Crippen LogP contribution >= 0.6 is 11.6 Å². The molecule has 0 aliphatic carbocycles. The molecule has 0 aliphatic rings. The first-order valence-electron chi connectivity index (χ1n) is 5.43. The maximum absolute atomic E-state index is 11.1. The molecule has 0 aliphatic heterocycles. The Kier molecular flexibility index (Phi) is 3.82. The fourth-order valence-electron chi connectivity index (χ4n) is 1.57. The molecule has 2 rings (SSSR count). The zero-order valence-corrected chi connectivity index (χ0v) is 10.5. The van der Waals surface area contributed by atoms with Crippen LogP contribution in [0.2, 0.25) is 5.02 Å². The number of halogens is 1. The summed E-state index contributed by atoms with van der Waals surface area (Å²) in [5.74, 6) is -1.07. The molecule has 0 amide bonds. The van der Waals surface area contributed by atoms with E-state index >= 15 is 0 Å². The van der Waals surface area contributed by atoms with Gasteiger partial charge < -0.3 is 10.2 Å². The van der Waals surface area contributed by atoms with E-state index in [4.69, 9.17) is 16.7 Å². The Balaban J connectivity index is 2.42. The minimum atomic E-state index is -1.14. The van der Waals surface area contributed by atoms with Crippen LogP contribution in [0.1, 0.15) is 15.9 Å². The molecule has 0 heterocycles. The molecule has 0 saturated heterocycles. The number of aromatic hydroxyl groups is 1. The molecule has 0 spiro atoms. The largest absolute Gasteiger partial charge is 0.507 e. The summed E-state index contributed by atoms with van der Waals surface area (Å²) < 4.78 is 0. The average Bonchev–Trinajstić information content (AvgIpc) is 2.37. The number of rotatable bonds is 3. The molecule has 0 fully saturated rings. The normalized spacial score (nSPS) is 10.8. The minimum absolute atomic E-state index is 0.0594. The van der Waals surface area contributed by atoms with E-state index in [1.165, 1.54) is 18.3 Å². The van der Waals surface area contributed by atoms with Crippen molar-refractivity contribution in [2.45, 2.75) is 0 Å². The Morgan fingerprint density at radius 2 is 1.89 bits per heavy atom. The maximum atomic E-state index is 11.1. The van der Waals surface area contributed by atoms with E-state index in [0.717, 1.165) is 0 Å². The van der Waals surface area contributed by atoms with Crippen LogP contribution in [0.4, 0.5) is 5.69 Å². The van der Waals surface area contributed by atoms with Crippen molar-refractivity contribution in [3.63, 3.8) is 0 Å². The number of aromatic carboxylic acids is 1. The van der Waals surface area contributed by atoms with Crippen LogP contribution in [0, 0.1) is 0 Å². The molecule has 0 aromatic heterocycles. The molecule has 4 nitrogen and oxygen atoms in total. The first-order chi connectivity index (χ1) is 9.09. The number of carboxylic acid groups (broad SMARTS) is 1. The van der Waals surface area contributed by atoms with Gasteiger partial charge in [0, 0.05) is 11.8 Å². The summed E-state index contributed by atoms with van der Waals surface area (Å²) in [5, 5.41) is 18.8. The number of nitrogens with zero attached hydrogens (tertiary/aromatic N) is 1. The van der Waals surface area contributed by atoms with Gasteiger partial charge in [-0.05, 0) is 24.3 Å². The Morgan fingerprint density at radius 3 is 2.58 bits per heavy atom. The van der Waals surface area contributed by atoms with Gasteiger partial charge >= 0.3 is 5.97 Å². The lowest BCUT2D eigenvalue weighted by Gasteiger charge is -2.03. The van der Waals surface area contributed by atoms with Gasteiger partial charge in [0.1, 0.15) is 11.3 Å². The topological polar surface area (TPSA) is 69.9 Å². The van der Waals surface area contributed by atoms with E-state index in [-0.39, 0.29) is 22.0 Å². The second-order valence-electron chi connectivity index (χ2n) is 3.76. The van der Waals surface area contributed by atoms with Crippen LogP contribution in [0.5, 0.6) is 5.75 Å². The number of hydrogen-bond acceptors (Lipinski definition) is 3. The fraction of sp³-hybridized carbons (Fsp3) is 0. The second kappa shape index (κ2) is 5.54.